The van der Waals surface area contributed by atoms with Gasteiger partial charge in [-0.15, -0.1) is 0 Å². The van der Waals surface area contributed by atoms with Crippen molar-refractivity contribution >= 4 is 5.91 Å². The molecule has 0 saturated carbocycles. The summed E-state index contributed by atoms with van der Waals surface area (Å²) in [6.07, 6.45) is 4.37. The summed E-state index contributed by atoms with van der Waals surface area (Å²) in [7, 11) is 0. The fraction of sp³-hybridized carbons (Fsp3) is 0.929. The van der Waals surface area contributed by atoms with Crippen molar-refractivity contribution in [2.24, 2.45) is 11.3 Å². The van der Waals surface area contributed by atoms with E-state index in [-0.39, 0.29) is 17.4 Å². The van der Waals surface area contributed by atoms with E-state index in [1.165, 1.54) is 0 Å². The third-order valence-corrected chi connectivity index (χ3v) is 4.26. The largest absolute Gasteiger partial charge is 0.353 e. The van der Waals surface area contributed by atoms with E-state index in [1.54, 1.807) is 0 Å². The molecule has 1 heterocycles. The van der Waals surface area contributed by atoms with Gasteiger partial charge in [-0.3, -0.25) is 4.79 Å². The summed E-state index contributed by atoms with van der Waals surface area (Å²) in [6.45, 7) is 10.5. The zero-order chi connectivity index (χ0) is 12.9. The first-order chi connectivity index (χ1) is 8.03. The molecule has 0 radical (unpaired) electrons. The maximum absolute atomic E-state index is 12.3. The molecule has 0 aliphatic carbocycles. The van der Waals surface area contributed by atoms with Crippen molar-refractivity contribution < 1.29 is 4.79 Å². The van der Waals surface area contributed by atoms with Crippen LogP contribution in [0.2, 0.25) is 0 Å². The summed E-state index contributed by atoms with van der Waals surface area (Å²) >= 11 is 0. The van der Waals surface area contributed by atoms with E-state index in [1.807, 2.05) is 0 Å². The second-order valence-electron chi connectivity index (χ2n) is 5.68. The van der Waals surface area contributed by atoms with Gasteiger partial charge in [-0.25, -0.2) is 0 Å². The van der Waals surface area contributed by atoms with Gasteiger partial charge in [-0.2, -0.15) is 0 Å². The summed E-state index contributed by atoms with van der Waals surface area (Å²) in [5, 5.41) is 6.54. The fourth-order valence-corrected chi connectivity index (χ4v) is 2.74. The van der Waals surface area contributed by atoms with Crippen LogP contribution in [0.15, 0.2) is 0 Å². The zero-order valence-corrected chi connectivity index (χ0v) is 11.8. The minimum absolute atomic E-state index is 0.210. The number of rotatable bonds is 5. The van der Waals surface area contributed by atoms with E-state index >= 15 is 0 Å². The molecule has 2 atom stereocenters. The van der Waals surface area contributed by atoms with Crippen molar-refractivity contribution in [1.82, 2.24) is 10.6 Å². The molecule has 1 rings (SSSR count). The fourth-order valence-electron chi connectivity index (χ4n) is 2.74. The predicted octanol–water partition coefficient (Wildman–Crippen LogP) is 2.32. The Morgan fingerprint density at radius 3 is 2.53 bits per heavy atom. The van der Waals surface area contributed by atoms with Gasteiger partial charge in [0.15, 0.2) is 0 Å². The summed E-state index contributed by atoms with van der Waals surface area (Å²) in [6, 6.07) is 0.288. The van der Waals surface area contributed by atoms with Gasteiger partial charge in [0.05, 0.1) is 5.41 Å². The highest BCUT2D eigenvalue weighted by molar-refractivity contribution is 5.82. The normalized spacial score (nSPS) is 26.9. The number of carbonyl (C=O) groups is 1. The molecule has 1 fully saturated rings. The quantitative estimate of drug-likeness (QED) is 0.774. The molecule has 0 aromatic carbocycles. The van der Waals surface area contributed by atoms with Gasteiger partial charge in [-0.1, -0.05) is 26.7 Å². The highest BCUT2D eigenvalue weighted by Gasteiger charge is 2.35. The van der Waals surface area contributed by atoms with Gasteiger partial charge < -0.3 is 10.6 Å². The van der Waals surface area contributed by atoms with Gasteiger partial charge in [0.25, 0.3) is 0 Å². The maximum atomic E-state index is 12.3. The first kappa shape index (κ1) is 14.5. The number of carbonyl (C=O) groups excluding carboxylic acids is 1. The van der Waals surface area contributed by atoms with E-state index in [2.05, 4.69) is 38.3 Å². The van der Waals surface area contributed by atoms with Gasteiger partial charge in [0.1, 0.15) is 0 Å². The molecule has 1 aliphatic rings. The molecular formula is C14H28N2O. The Morgan fingerprint density at radius 1 is 1.41 bits per heavy atom. The molecule has 1 aliphatic heterocycles. The van der Waals surface area contributed by atoms with Crippen LogP contribution in [0.25, 0.3) is 0 Å². The van der Waals surface area contributed by atoms with E-state index < -0.39 is 0 Å². The monoisotopic (exact) mass is 240 g/mol. The highest BCUT2D eigenvalue weighted by Crippen LogP contribution is 2.26. The minimum Gasteiger partial charge on any atom is -0.353 e. The first-order valence-electron chi connectivity index (χ1n) is 7.05. The Hall–Kier alpha value is -0.570. The topological polar surface area (TPSA) is 41.1 Å². The highest BCUT2D eigenvalue weighted by atomic mass is 16.2. The van der Waals surface area contributed by atoms with Gasteiger partial charge in [0, 0.05) is 12.6 Å². The Kier molecular flexibility index (Phi) is 5.44. The third-order valence-electron chi connectivity index (χ3n) is 4.26. The number of amides is 1. The molecule has 0 aromatic heterocycles. The van der Waals surface area contributed by atoms with Crippen LogP contribution in [0.1, 0.15) is 53.4 Å². The van der Waals surface area contributed by atoms with Crippen molar-refractivity contribution in [1.29, 1.82) is 0 Å². The molecule has 100 valence electrons. The Bertz CT molecular complexity index is 243. The molecule has 3 nitrogen and oxygen atoms in total. The van der Waals surface area contributed by atoms with E-state index in [9.17, 15) is 4.79 Å². The molecule has 1 amide bonds. The third kappa shape index (κ3) is 3.70. The van der Waals surface area contributed by atoms with E-state index in [0.29, 0.717) is 5.92 Å². The van der Waals surface area contributed by atoms with Crippen LogP contribution in [0.3, 0.4) is 0 Å². The second-order valence-corrected chi connectivity index (χ2v) is 5.68. The van der Waals surface area contributed by atoms with Gasteiger partial charge >= 0.3 is 0 Å². The molecule has 0 spiro atoms. The van der Waals surface area contributed by atoms with Crippen LogP contribution >= 0.6 is 0 Å². The van der Waals surface area contributed by atoms with Gasteiger partial charge in [-0.05, 0) is 39.2 Å². The lowest BCUT2D eigenvalue weighted by atomic mass is 9.81. The molecule has 0 aromatic rings. The summed E-state index contributed by atoms with van der Waals surface area (Å²) < 4.78 is 0. The first-order valence-corrected chi connectivity index (χ1v) is 7.05. The number of piperidine rings is 1. The standard InChI is InChI=1S/C14H28N2O/c1-5-12(6-2)11(3)16-13(17)14(4)8-7-9-15-10-14/h11-12,15H,5-10H2,1-4H3,(H,16,17). The predicted molar refractivity (Wildman–Crippen MR) is 71.9 cm³/mol. The average molecular weight is 240 g/mol. The van der Waals surface area contributed by atoms with Crippen molar-refractivity contribution in [2.45, 2.75) is 59.4 Å². The van der Waals surface area contributed by atoms with Crippen LogP contribution in [0.4, 0.5) is 0 Å². The van der Waals surface area contributed by atoms with Crippen LogP contribution in [-0.4, -0.2) is 25.0 Å². The molecule has 17 heavy (non-hydrogen) atoms. The summed E-state index contributed by atoms with van der Waals surface area (Å²) in [5.41, 5.74) is -0.210. The van der Waals surface area contributed by atoms with E-state index in [0.717, 1.165) is 38.8 Å². The average Bonchev–Trinajstić information content (AvgIpc) is 2.31. The Labute approximate surface area is 106 Å². The van der Waals surface area contributed by atoms with Crippen molar-refractivity contribution in [3.05, 3.63) is 0 Å². The van der Waals surface area contributed by atoms with Gasteiger partial charge in [0.2, 0.25) is 5.91 Å². The van der Waals surface area contributed by atoms with Crippen molar-refractivity contribution in [3.63, 3.8) is 0 Å². The minimum atomic E-state index is -0.210. The second kappa shape index (κ2) is 6.39. The summed E-state index contributed by atoms with van der Waals surface area (Å²) in [4.78, 5) is 12.3. The summed E-state index contributed by atoms with van der Waals surface area (Å²) in [5.74, 6) is 0.822. The molecule has 3 heteroatoms. The lowest BCUT2D eigenvalue weighted by Crippen LogP contribution is -2.51. The van der Waals surface area contributed by atoms with Crippen molar-refractivity contribution in [3.8, 4) is 0 Å². The lowest BCUT2D eigenvalue weighted by Gasteiger charge is -2.35. The van der Waals surface area contributed by atoms with Crippen LogP contribution in [0, 0.1) is 11.3 Å². The van der Waals surface area contributed by atoms with Crippen molar-refractivity contribution in [2.75, 3.05) is 13.1 Å². The molecule has 0 bridgehead atoms. The maximum Gasteiger partial charge on any atom is 0.227 e. The Balaban J connectivity index is 2.52. The number of hydrogen-bond acceptors (Lipinski definition) is 2. The SMILES string of the molecule is CCC(CC)C(C)NC(=O)C1(C)CCCNC1. The molecule has 2 N–H and O–H groups in total. The van der Waals surface area contributed by atoms with Crippen LogP contribution in [0.5, 0.6) is 0 Å². The Morgan fingerprint density at radius 2 is 2.06 bits per heavy atom. The molecule has 2 unspecified atom stereocenters. The molecular weight excluding hydrogens is 212 g/mol. The zero-order valence-electron chi connectivity index (χ0n) is 11.8. The number of nitrogens with one attached hydrogen (secondary N) is 2. The molecule has 1 saturated heterocycles. The lowest BCUT2D eigenvalue weighted by molar-refractivity contribution is -0.132. The number of hydrogen-bond donors (Lipinski definition) is 2. The van der Waals surface area contributed by atoms with E-state index in [4.69, 9.17) is 0 Å². The van der Waals surface area contributed by atoms with Crippen LogP contribution < -0.4 is 10.6 Å². The smallest absolute Gasteiger partial charge is 0.227 e. The van der Waals surface area contributed by atoms with Crippen LogP contribution in [-0.2, 0) is 4.79 Å².